The zero-order valence-electron chi connectivity index (χ0n) is 10.9. The predicted molar refractivity (Wildman–Crippen MR) is 72.2 cm³/mol. The van der Waals surface area contributed by atoms with E-state index in [0.717, 1.165) is 5.56 Å². The van der Waals surface area contributed by atoms with Gasteiger partial charge in [0, 0.05) is 24.2 Å². The van der Waals surface area contributed by atoms with Gasteiger partial charge in [0.2, 0.25) is 0 Å². The summed E-state index contributed by atoms with van der Waals surface area (Å²) >= 11 is 0. The lowest BCUT2D eigenvalue weighted by Crippen LogP contribution is -2.07. The summed E-state index contributed by atoms with van der Waals surface area (Å²) in [5.41, 5.74) is 2.46. The highest BCUT2D eigenvalue weighted by atomic mass is 16.5. The van der Waals surface area contributed by atoms with Crippen LogP contribution in [0, 0.1) is 0 Å². The summed E-state index contributed by atoms with van der Waals surface area (Å²) in [6, 6.07) is 5.34. The Morgan fingerprint density at radius 3 is 3.00 bits per heavy atom. The average molecular weight is 268 g/mol. The number of aromatic nitrogens is 4. The van der Waals surface area contributed by atoms with Gasteiger partial charge in [-0.1, -0.05) is 0 Å². The average Bonchev–Trinajstić information content (AvgIpc) is 2.92. The van der Waals surface area contributed by atoms with E-state index in [1.807, 2.05) is 12.1 Å². The van der Waals surface area contributed by atoms with Gasteiger partial charge in [-0.05, 0) is 25.1 Å². The molecule has 0 aliphatic heterocycles. The van der Waals surface area contributed by atoms with Crippen LogP contribution in [0.15, 0.2) is 43.0 Å². The highest BCUT2D eigenvalue weighted by molar-refractivity contribution is 5.96. The van der Waals surface area contributed by atoms with E-state index in [2.05, 4.69) is 15.1 Å². The van der Waals surface area contributed by atoms with Crippen molar-refractivity contribution >= 4 is 11.6 Å². The maximum Gasteiger partial charge on any atom is 0.342 e. The summed E-state index contributed by atoms with van der Waals surface area (Å²) in [4.78, 5) is 20.4. The zero-order chi connectivity index (χ0) is 13.9. The van der Waals surface area contributed by atoms with Gasteiger partial charge in [-0.25, -0.2) is 14.3 Å². The maximum atomic E-state index is 11.9. The smallest absolute Gasteiger partial charge is 0.342 e. The van der Waals surface area contributed by atoms with Crippen LogP contribution in [0.2, 0.25) is 0 Å². The Morgan fingerprint density at radius 2 is 2.25 bits per heavy atom. The van der Waals surface area contributed by atoms with E-state index < -0.39 is 5.97 Å². The van der Waals surface area contributed by atoms with Crippen molar-refractivity contribution in [3.05, 3.63) is 48.5 Å². The van der Waals surface area contributed by atoms with Gasteiger partial charge in [-0.3, -0.25) is 4.98 Å². The topological polar surface area (TPSA) is 69.4 Å². The Bertz CT molecular complexity index is 752. The largest absolute Gasteiger partial charge is 0.462 e. The Hall–Kier alpha value is -2.76. The summed E-state index contributed by atoms with van der Waals surface area (Å²) in [6.45, 7) is 2.09. The van der Waals surface area contributed by atoms with Crippen LogP contribution < -0.4 is 0 Å². The predicted octanol–water partition coefficient (Wildman–Crippen LogP) is 1.97. The summed E-state index contributed by atoms with van der Waals surface area (Å²) in [5.74, 6) is -0.400. The molecule has 0 fully saturated rings. The summed E-state index contributed by atoms with van der Waals surface area (Å²) in [5, 5.41) is 4.16. The van der Waals surface area contributed by atoms with Crippen LogP contribution in [0.1, 0.15) is 17.3 Å². The Morgan fingerprint density at radius 1 is 1.35 bits per heavy atom. The minimum Gasteiger partial charge on any atom is -0.462 e. The molecule has 0 aromatic carbocycles. The molecule has 3 aromatic heterocycles. The molecule has 3 aromatic rings. The normalized spacial score (nSPS) is 10.7. The van der Waals surface area contributed by atoms with Crippen LogP contribution in [0.4, 0.5) is 0 Å². The molecule has 0 unspecified atom stereocenters. The van der Waals surface area contributed by atoms with Crippen LogP contribution >= 0.6 is 0 Å². The second-order valence-corrected chi connectivity index (χ2v) is 4.10. The lowest BCUT2D eigenvalue weighted by Gasteiger charge is -2.01. The number of hydrogen-bond donors (Lipinski definition) is 0. The number of ether oxygens (including phenoxy) is 1. The van der Waals surface area contributed by atoms with Gasteiger partial charge in [0.25, 0.3) is 0 Å². The minimum atomic E-state index is -0.400. The number of pyridine rings is 1. The summed E-state index contributed by atoms with van der Waals surface area (Å²) in [6.07, 6.45) is 6.72. The van der Waals surface area contributed by atoms with Gasteiger partial charge in [-0.15, -0.1) is 0 Å². The SMILES string of the molecule is CCOC(=O)c1ccnn2cc(-c3cccnc3)nc12. The number of rotatable bonds is 3. The van der Waals surface area contributed by atoms with Crippen molar-refractivity contribution in [2.24, 2.45) is 0 Å². The molecule has 3 rings (SSSR count). The number of carbonyl (C=O) groups excluding carboxylic acids is 1. The molecule has 20 heavy (non-hydrogen) atoms. The molecule has 100 valence electrons. The van der Waals surface area contributed by atoms with Crippen LogP contribution in [0.3, 0.4) is 0 Å². The fraction of sp³-hybridized carbons (Fsp3) is 0.143. The number of hydrogen-bond acceptors (Lipinski definition) is 5. The van der Waals surface area contributed by atoms with E-state index in [1.165, 1.54) is 0 Å². The lowest BCUT2D eigenvalue weighted by atomic mass is 10.2. The van der Waals surface area contributed by atoms with Crippen molar-refractivity contribution in [1.82, 2.24) is 19.6 Å². The van der Waals surface area contributed by atoms with Crippen LogP contribution in [0.5, 0.6) is 0 Å². The van der Waals surface area contributed by atoms with Crippen LogP contribution in [-0.2, 0) is 4.74 Å². The third-order valence-electron chi connectivity index (χ3n) is 2.81. The van der Waals surface area contributed by atoms with Crippen molar-refractivity contribution in [2.75, 3.05) is 6.61 Å². The molecule has 0 amide bonds. The van der Waals surface area contributed by atoms with Crippen molar-refractivity contribution in [3.8, 4) is 11.3 Å². The highest BCUT2D eigenvalue weighted by Gasteiger charge is 2.15. The molecule has 0 N–H and O–H groups in total. The first kappa shape index (κ1) is 12.3. The number of carbonyl (C=O) groups is 1. The summed E-state index contributed by atoms with van der Waals surface area (Å²) in [7, 11) is 0. The minimum absolute atomic E-state index is 0.323. The molecule has 0 saturated heterocycles. The number of fused-ring (bicyclic) bond motifs is 1. The van der Waals surface area contributed by atoms with Gasteiger partial charge < -0.3 is 4.74 Å². The quantitative estimate of drug-likeness (QED) is 0.679. The van der Waals surface area contributed by atoms with Crippen molar-refractivity contribution in [3.63, 3.8) is 0 Å². The maximum absolute atomic E-state index is 11.9. The van der Waals surface area contributed by atoms with E-state index in [9.17, 15) is 4.79 Å². The Labute approximate surface area is 115 Å². The van der Waals surface area contributed by atoms with E-state index in [4.69, 9.17) is 4.74 Å². The lowest BCUT2D eigenvalue weighted by molar-refractivity contribution is 0.0527. The number of nitrogens with zero attached hydrogens (tertiary/aromatic N) is 4. The Kier molecular flexibility index (Phi) is 3.12. The molecule has 0 aliphatic rings. The zero-order valence-corrected chi connectivity index (χ0v) is 10.9. The molecular formula is C14H12N4O2. The van der Waals surface area contributed by atoms with Gasteiger partial charge >= 0.3 is 5.97 Å². The second kappa shape index (κ2) is 5.08. The first-order valence-corrected chi connectivity index (χ1v) is 6.21. The van der Waals surface area contributed by atoms with E-state index in [0.29, 0.717) is 23.5 Å². The van der Waals surface area contributed by atoms with Crippen LogP contribution in [-0.4, -0.2) is 32.2 Å². The molecule has 6 heteroatoms. The third kappa shape index (κ3) is 2.11. The molecule has 0 atom stereocenters. The van der Waals surface area contributed by atoms with E-state index >= 15 is 0 Å². The van der Waals surface area contributed by atoms with Crippen LogP contribution in [0.25, 0.3) is 16.9 Å². The molecule has 0 bridgehead atoms. The van der Waals surface area contributed by atoms with E-state index in [-0.39, 0.29) is 0 Å². The van der Waals surface area contributed by atoms with Gasteiger partial charge in [0.1, 0.15) is 5.56 Å². The van der Waals surface area contributed by atoms with Crippen molar-refractivity contribution in [2.45, 2.75) is 6.92 Å². The molecule has 3 heterocycles. The molecule has 0 saturated carbocycles. The van der Waals surface area contributed by atoms with E-state index in [1.54, 1.807) is 42.3 Å². The first-order valence-electron chi connectivity index (χ1n) is 6.21. The second-order valence-electron chi connectivity index (χ2n) is 4.10. The molecule has 0 radical (unpaired) electrons. The highest BCUT2D eigenvalue weighted by Crippen LogP contribution is 2.19. The third-order valence-corrected chi connectivity index (χ3v) is 2.81. The first-order chi connectivity index (χ1) is 9.79. The summed E-state index contributed by atoms with van der Waals surface area (Å²) < 4.78 is 6.58. The fourth-order valence-electron chi connectivity index (χ4n) is 1.92. The molecule has 0 spiro atoms. The number of imidazole rings is 1. The van der Waals surface area contributed by atoms with Gasteiger partial charge in [-0.2, -0.15) is 5.10 Å². The standard InChI is InChI=1S/C14H12N4O2/c1-2-20-14(19)11-5-7-16-18-9-12(17-13(11)18)10-4-3-6-15-8-10/h3-9H,2H2,1H3. The monoisotopic (exact) mass is 268 g/mol. The van der Waals surface area contributed by atoms with Gasteiger partial charge in [0.15, 0.2) is 5.65 Å². The van der Waals surface area contributed by atoms with Crippen molar-refractivity contribution < 1.29 is 9.53 Å². The molecule has 0 aliphatic carbocycles. The van der Waals surface area contributed by atoms with Gasteiger partial charge in [0.05, 0.1) is 18.5 Å². The molecule has 6 nitrogen and oxygen atoms in total. The Balaban J connectivity index is 2.12. The molecular weight excluding hydrogens is 256 g/mol. The number of esters is 1. The fourth-order valence-corrected chi connectivity index (χ4v) is 1.92. The van der Waals surface area contributed by atoms with Crippen molar-refractivity contribution in [1.29, 1.82) is 0 Å².